The minimum atomic E-state index is -4.62. The van der Waals surface area contributed by atoms with E-state index in [9.17, 15) is 27.7 Å². The highest BCUT2D eigenvalue weighted by atomic mass is 35.5. The molecule has 1 aliphatic carbocycles. The number of aromatic nitrogens is 2. The molecule has 20 heteroatoms. The molecule has 12 rings (SSSR count). The molecule has 4 saturated heterocycles. The maximum absolute atomic E-state index is 14.7. The molecule has 5 fully saturated rings. The van der Waals surface area contributed by atoms with Crippen LogP contribution in [0.5, 0.6) is 5.88 Å². The predicted octanol–water partition coefficient (Wildman–Crippen LogP) is 9.53. The highest BCUT2D eigenvalue weighted by molar-refractivity contribution is 7.90. The standard InChI is InChI=1S/C56H61ClFN9O8S/c1-35-4-2-3-5-42(35)51-33-64(38-7-10-44(57)45(58)27-38)21-22-65(51)40-30-56(31-40)16-19-63(20-17-56)39-6-9-43(48(28-39)66-47-15-25-74-34-52(47)75-55-50(66)26-37-12-18-59-53(37)61-55)54(68)62-76(71,72)41-8-11-46(49(29-41)67(69)70)60-32-36-13-23-73-24-14-36/h2-12,18,26-29,36,40,47,51-52,60H,13-17,19-25,30-34H2,1H3,(H,59,61)(H,62,68)/t47-,51-,52-/m0/s1. The average Bonchev–Trinajstić information content (AvgIpc) is 3.97. The Kier molecular flexibility index (Phi) is 13.5. The lowest BCUT2D eigenvalue weighted by Gasteiger charge is -2.58. The summed E-state index contributed by atoms with van der Waals surface area (Å²) in [6, 6.07) is 27.0. The van der Waals surface area contributed by atoms with Crippen molar-refractivity contribution in [3.8, 4) is 5.88 Å². The zero-order valence-electron chi connectivity index (χ0n) is 42.3. The van der Waals surface area contributed by atoms with Crippen LogP contribution in [-0.4, -0.2) is 118 Å². The Morgan fingerprint density at radius 3 is 2.47 bits per heavy atom. The molecule has 6 aromatic rings. The van der Waals surface area contributed by atoms with Gasteiger partial charge in [0, 0.05) is 94.2 Å². The molecule has 0 unspecified atom stereocenters. The van der Waals surface area contributed by atoms with Crippen molar-refractivity contribution in [2.45, 2.75) is 81.0 Å². The molecule has 4 aromatic carbocycles. The molecule has 2 aromatic heterocycles. The number of nitrogens with zero attached hydrogens (tertiary/aromatic N) is 6. The predicted molar refractivity (Wildman–Crippen MR) is 289 cm³/mol. The Morgan fingerprint density at radius 1 is 0.908 bits per heavy atom. The van der Waals surface area contributed by atoms with E-state index >= 15 is 0 Å². The molecule has 0 radical (unpaired) electrons. The number of H-pyrrole nitrogens is 1. The fourth-order valence-corrected chi connectivity index (χ4v) is 13.8. The number of ether oxygens (including phenoxy) is 3. The summed E-state index contributed by atoms with van der Waals surface area (Å²) in [6.07, 6.45) is 7.65. The monoisotopic (exact) mass is 1070 g/mol. The second kappa shape index (κ2) is 20.5. The van der Waals surface area contributed by atoms with E-state index in [-0.39, 0.29) is 46.3 Å². The normalized spacial score (nSPS) is 22.1. The molecule has 0 bridgehead atoms. The SMILES string of the molecule is Cc1ccccc1[C@@H]1CN(c2ccc(Cl)c(F)c2)CCN1C1CC2(CCN(c3ccc(C(=O)NS(=O)(=O)c4ccc(NCC5CCOCC5)c([N+](=O)[O-])c4)c(N4c5cc6cc[nH]c6nc5O[C@H]5COCC[C@@H]54)c3)CC2)C1. The van der Waals surface area contributed by atoms with Gasteiger partial charge in [0.05, 0.1) is 44.8 Å². The summed E-state index contributed by atoms with van der Waals surface area (Å²) < 4.78 is 63.2. The number of carbonyl (C=O) groups excluding carboxylic acids is 1. The first-order valence-corrected chi connectivity index (χ1v) is 28.3. The highest BCUT2D eigenvalue weighted by Gasteiger charge is 2.50. The smallest absolute Gasteiger partial charge is 0.293 e. The largest absolute Gasteiger partial charge is 0.468 e. The topological polar surface area (TPSA) is 188 Å². The number of rotatable bonds is 12. The van der Waals surface area contributed by atoms with Crippen LogP contribution in [0.3, 0.4) is 0 Å². The third kappa shape index (κ3) is 9.69. The summed E-state index contributed by atoms with van der Waals surface area (Å²) in [5.74, 6) is -0.689. The minimum Gasteiger partial charge on any atom is -0.468 e. The number of carbonyl (C=O) groups is 1. The maximum atomic E-state index is 14.7. The molecule has 3 atom stereocenters. The van der Waals surface area contributed by atoms with Crippen molar-refractivity contribution in [3.63, 3.8) is 0 Å². The van der Waals surface area contributed by atoms with Crippen LogP contribution >= 0.6 is 11.6 Å². The van der Waals surface area contributed by atoms with Crippen LogP contribution in [0.2, 0.25) is 5.02 Å². The third-order valence-electron chi connectivity index (χ3n) is 16.9. The maximum Gasteiger partial charge on any atom is 0.293 e. The van der Waals surface area contributed by atoms with Crippen LogP contribution in [0.25, 0.3) is 11.0 Å². The minimum absolute atomic E-state index is 0.101. The van der Waals surface area contributed by atoms with Gasteiger partial charge < -0.3 is 39.2 Å². The third-order valence-corrected chi connectivity index (χ3v) is 18.6. The van der Waals surface area contributed by atoms with E-state index < -0.39 is 43.4 Å². The van der Waals surface area contributed by atoms with E-state index in [2.05, 4.69) is 65.8 Å². The number of halogens is 2. The van der Waals surface area contributed by atoms with E-state index in [0.717, 1.165) is 94.1 Å². The Bertz CT molecular complexity index is 3310. The Balaban J connectivity index is 0.812. The van der Waals surface area contributed by atoms with E-state index in [1.54, 1.807) is 24.4 Å². The number of nitro groups is 1. The first-order chi connectivity index (χ1) is 36.8. The number of nitrogens with one attached hydrogen (secondary N) is 3. The van der Waals surface area contributed by atoms with Gasteiger partial charge in [-0.25, -0.2) is 17.5 Å². The van der Waals surface area contributed by atoms with Crippen molar-refractivity contribution >= 4 is 72.7 Å². The number of piperidine rings is 1. The summed E-state index contributed by atoms with van der Waals surface area (Å²) in [5.41, 5.74) is 6.05. The quantitative estimate of drug-likeness (QED) is 0.0777. The van der Waals surface area contributed by atoms with Gasteiger partial charge in [-0.3, -0.25) is 19.8 Å². The molecule has 6 aliphatic rings. The molecule has 398 valence electrons. The van der Waals surface area contributed by atoms with Crippen molar-refractivity contribution < 1.29 is 36.7 Å². The van der Waals surface area contributed by atoms with Gasteiger partial charge in [0.2, 0.25) is 5.88 Å². The van der Waals surface area contributed by atoms with Gasteiger partial charge in [0.25, 0.3) is 21.6 Å². The van der Waals surface area contributed by atoms with Gasteiger partial charge >= 0.3 is 0 Å². The number of pyridine rings is 1. The van der Waals surface area contributed by atoms with Crippen molar-refractivity contribution in [1.82, 2.24) is 19.6 Å². The molecule has 17 nitrogen and oxygen atoms in total. The van der Waals surface area contributed by atoms with Gasteiger partial charge in [-0.05, 0) is 135 Å². The van der Waals surface area contributed by atoms with Crippen LogP contribution in [0.1, 0.15) is 72.5 Å². The van der Waals surface area contributed by atoms with E-state index in [4.69, 9.17) is 30.8 Å². The summed E-state index contributed by atoms with van der Waals surface area (Å²) in [5, 5.41) is 16.4. The number of piperazine rings is 1. The number of aryl methyl sites for hydroxylation is 1. The Hall–Kier alpha value is -6.51. The summed E-state index contributed by atoms with van der Waals surface area (Å²) in [4.78, 5) is 43.4. The van der Waals surface area contributed by atoms with E-state index in [1.807, 2.05) is 30.3 Å². The van der Waals surface area contributed by atoms with Crippen molar-refractivity contribution in [2.24, 2.45) is 11.3 Å². The molecular weight excluding hydrogens is 1010 g/mol. The van der Waals surface area contributed by atoms with Crippen LogP contribution in [-0.2, 0) is 19.5 Å². The number of anilines is 5. The number of nitro benzene ring substituents is 1. The Morgan fingerprint density at radius 2 is 1.68 bits per heavy atom. The van der Waals surface area contributed by atoms with Crippen LogP contribution in [0.4, 0.5) is 38.5 Å². The number of fused-ring (bicyclic) bond motifs is 3. The van der Waals surface area contributed by atoms with Gasteiger partial charge in [-0.1, -0.05) is 35.9 Å². The van der Waals surface area contributed by atoms with E-state index in [1.165, 1.54) is 23.3 Å². The number of benzene rings is 4. The van der Waals surface area contributed by atoms with Crippen LogP contribution in [0, 0.1) is 34.2 Å². The molecule has 1 spiro atoms. The van der Waals surface area contributed by atoms with Gasteiger partial charge in [0.15, 0.2) is 0 Å². The lowest BCUT2D eigenvalue weighted by Crippen LogP contribution is -2.60. The molecule has 1 saturated carbocycles. The van der Waals surface area contributed by atoms with Crippen molar-refractivity contribution in [1.29, 1.82) is 0 Å². The summed E-state index contributed by atoms with van der Waals surface area (Å²) in [6.45, 7) is 8.55. The van der Waals surface area contributed by atoms with Gasteiger partial charge in [-0.2, -0.15) is 4.98 Å². The second-order valence-electron chi connectivity index (χ2n) is 21.4. The Labute approximate surface area is 445 Å². The highest BCUT2D eigenvalue weighted by Crippen LogP contribution is 2.54. The zero-order chi connectivity index (χ0) is 52.3. The lowest BCUT2D eigenvalue weighted by molar-refractivity contribution is -0.384. The summed E-state index contributed by atoms with van der Waals surface area (Å²) in [7, 11) is -4.62. The number of amides is 1. The van der Waals surface area contributed by atoms with E-state index in [0.29, 0.717) is 61.7 Å². The first-order valence-electron chi connectivity index (χ1n) is 26.4. The van der Waals surface area contributed by atoms with Crippen molar-refractivity contribution in [3.05, 3.63) is 135 Å². The number of hydrogen-bond donors (Lipinski definition) is 3. The van der Waals surface area contributed by atoms with Crippen LogP contribution in [0.15, 0.2) is 102 Å². The van der Waals surface area contributed by atoms with Crippen LogP contribution < -0.4 is 29.5 Å². The average molecular weight is 1070 g/mol. The zero-order valence-corrected chi connectivity index (χ0v) is 43.8. The molecule has 3 N–H and O–H groups in total. The fourth-order valence-electron chi connectivity index (χ4n) is 12.7. The molecule has 76 heavy (non-hydrogen) atoms. The summed E-state index contributed by atoms with van der Waals surface area (Å²) >= 11 is 6.08. The molecular formula is C56H61ClFN9O8S. The lowest BCUT2D eigenvalue weighted by atomic mass is 9.59. The number of aromatic amines is 1. The molecule has 7 heterocycles. The number of hydrogen-bond acceptors (Lipinski definition) is 14. The second-order valence-corrected chi connectivity index (χ2v) is 23.5. The molecule has 1 amide bonds. The molecule has 5 aliphatic heterocycles. The number of sulfonamides is 1. The van der Waals surface area contributed by atoms with Crippen molar-refractivity contribution in [2.75, 3.05) is 85.7 Å². The fraction of sp³-hybridized carbons (Fsp3) is 0.429. The van der Waals surface area contributed by atoms with Gasteiger partial charge in [-0.15, -0.1) is 0 Å². The van der Waals surface area contributed by atoms with Gasteiger partial charge in [0.1, 0.15) is 28.9 Å². The first kappa shape index (κ1) is 50.3.